The number of esters is 1. The summed E-state index contributed by atoms with van der Waals surface area (Å²) in [5, 5.41) is 4.98. The zero-order valence-electron chi connectivity index (χ0n) is 16.4. The quantitative estimate of drug-likeness (QED) is 0.493. The minimum absolute atomic E-state index is 0.214. The van der Waals surface area contributed by atoms with Crippen molar-refractivity contribution in [3.05, 3.63) is 16.0 Å². The summed E-state index contributed by atoms with van der Waals surface area (Å²) in [5.41, 5.74) is 1.92. The lowest BCUT2D eigenvalue weighted by molar-refractivity contribution is 0.0526. The fourth-order valence-electron chi connectivity index (χ4n) is 3.46. The second kappa shape index (κ2) is 10.9. The van der Waals surface area contributed by atoms with Gasteiger partial charge in [0.2, 0.25) is 0 Å². The SMILES string of the molecule is CCCN(CCC)C(=S)Nc1sc2c(c1C(=O)OCC)CCCCCC2. The predicted octanol–water partition coefficient (Wildman–Crippen LogP) is 5.40. The molecule has 1 heterocycles. The van der Waals surface area contributed by atoms with Gasteiger partial charge in [0.15, 0.2) is 5.11 Å². The van der Waals surface area contributed by atoms with Crippen molar-refractivity contribution in [2.24, 2.45) is 0 Å². The Hall–Kier alpha value is -1.14. The molecule has 0 atom stereocenters. The maximum Gasteiger partial charge on any atom is 0.341 e. The maximum atomic E-state index is 12.7. The van der Waals surface area contributed by atoms with E-state index in [0.717, 1.165) is 55.8 Å². The van der Waals surface area contributed by atoms with Crippen LogP contribution in [0.15, 0.2) is 0 Å². The van der Waals surface area contributed by atoms with E-state index in [0.29, 0.717) is 11.7 Å². The lowest BCUT2D eigenvalue weighted by atomic mass is 9.96. The summed E-state index contributed by atoms with van der Waals surface area (Å²) in [4.78, 5) is 16.2. The number of anilines is 1. The Bertz CT molecular complexity index is 607. The van der Waals surface area contributed by atoms with Crippen LogP contribution in [0.4, 0.5) is 5.00 Å². The van der Waals surface area contributed by atoms with Gasteiger partial charge >= 0.3 is 5.97 Å². The van der Waals surface area contributed by atoms with Crippen molar-refractivity contribution in [2.45, 2.75) is 72.1 Å². The molecule has 0 aliphatic heterocycles. The third-order valence-electron chi connectivity index (χ3n) is 4.65. The molecule has 0 fully saturated rings. The zero-order valence-corrected chi connectivity index (χ0v) is 18.0. The molecule has 0 radical (unpaired) electrons. The Kier molecular flexibility index (Phi) is 8.85. The normalized spacial score (nSPS) is 14.1. The molecule has 0 amide bonds. The molecule has 1 aliphatic rings. The van der Waals surface area contributed by atoms with Crippen LogP contribution in [0.25, 0.3) is 0 Å². The summed E-state index contributed by atoms with van der Waals surface area (Å²) in [6, 6.07) is 0. The molecule has 0 spiro atoms. The van der Waals surface area contributed by atoms with Gasteiger partial charge in [0, 0.05) is 18.0 Å². The highest BCUT2D eigenvalue weighted by atomic mass is 32.1. The Balaban J connectivity index is 2.31. The molecule has 1 aromatic heterocycles. The summed E-state index contributed by atoms with van der Waals surface area (Å²) < 4.78 is 5.37. The number of fused-ring (bicyclic) bond motifs is 1. The van der Waals surface area contributed by atoms with Gasteiger partial charge in [-0.2, -0.15) is 0 Å². The molecule has 146 valence electrons. The average molecular weight is 397 g/mol. The van der Waals surface area contributed by atoms with Crippen molar-refractivity contribution in [2.75, 3.05) is 25.0 Å². The topological polar surface area (TPSA) is 41.6 Å². The van der Waals surface area contributed by atoms with E-state index >= 15 is 0 Å². The number of hydrogen-bond donors (Lipinski definition) is 1. The largest absolute Gasteiger partial charge is 0.462 e. The molecule has 1 aliphatic carbocycles. The van der Waals surface area contributed by atoms with Crippen LogP contribution in [-0.4, -0.2) is 35.7 Å². The highest BCUT2D eigenvalue weighted by Crippen LogP contribution is 2.37. The lowest BCUT2D eigenvalue weighted by Crippen LogP contribution is -2.36. The van der Waals surface area contributed by atoms with Gasteiger partial charge < -0.3 is 15.0 Å². The van der Waals surface area contributed by atoms with E-state index in [1.54, 1.807) is 11.3 Å². The molecule has 1 N–H and O–H groups in total. The number of rotatable bonds is 7. The van der Waals surface area contributed by atoms with Crippen LogP contribution in [0.1, 0.15) is 80.1 Å². The van der Waals surface area contributed by atoms with Crippen molar-refractivity contribution in [1.29, 1.82) is 0 Å². The smallest absolute Gasteiger partial charge is 0.341 e. The molecule has 2 rings (SSSR count). The van der Waals surface area contributed by atoms with Crippen LogP contribution in [0.2, 0.25) is 0 Å². The molecule has 0 bridgehead atoms. The first-order valence-electron chi connectivity index (χ1n) is 9.99. The number of carbonyl (C=O) groups excluding carboxylic acids is 1. The van der Waals surface area contributed by atoms with Crippen molar-refractivity contribution < 1.29 is 9.53 Å². The molecule has 6 heteroatoms. The molecule has 0 unspecified atom stereocenters. The highest BCUT2D eigenvalue weighted by Gasteiger charge is 2.26. The minimum atomic E-state index is -0.214. The van der Waals surface area contributed by atoms with Crippen LogP contribution in [0.5, 0.6) is 0 Å². The molecule has 0 saturated heterocycles. The lowest BCUT2D eigenvalue weighted by Gasteiger charge is -2.24. The number of thiophene rings is 1. The molecule has 0 aromatic carbocycles. The Labute approximate surface area is 167 Å². The summed E-state index contributed by atoms with van der Waals surface area (Å²) in [6.45, 7) is 8.43. The number of ether oxygens (including phenoxy) is 1. The van der Waals surface area contributed by atoms with Crippen molar-refractivity contribution >= 4 is 39.6 Å². The molecule has 26 heavy (non-hydrogen) atoms. The Morgan fingerprint density at radius 1 is 1.12 bits per heavy atom. The number of hydrogen-bond acceptors (Lipinski definition) is 4. The van der Waals surface area contributed by atoms with E-state index in [2.05, 4.69) is 24.1 Å². The van der Waals surface area contributed by atoms with Crippen LogP contribution < -0.4 is 5.32 Å². The Morgan fingerprint density at radius 2 is 1.77 bits per heavy atom. The van der Waals surface area contributed by atoms with E-state index in [9.17, 15) is 4.79 Å². The molecule has 0 saturated carbocycles. The number of nitrogens with zero attached hydrogens (tertiary/aromatic N) is 1. The first-order chi connectivity index (χ1) is 12.6. The van der Waals surface area contributed by atoms with E-state index in [-0.39, 0.29) is 5.97 Å². The van der Waals surface area contributed by atoms with Crippen molar-refractivity contribution in [3.63, 3.8) is 0 Å². The maximum absolute atomic E-state index is 12.7. The van der Waals surface area contributed by atoms with Gasteiger partial charge in [-0.3, -0.25) is 0 Å². The first-order valence-corrected chi connectivity index (χ1v) is 11.2. The van der Waals surface area contributed by atoms with Gasteiger partial charge in [0.05, 0.1) is 12.2 Å². The number of carbonyl (C=O) groups is 1. The summed E-state index contributed by atoms with van der Waals surface area (Å²) in [5.74, 6) is -0.214. The number of nitrogens with one attached hydrogen (secondary N) is 1. The molecule has 4 nitrogen and oxygen atoms in total. The van der Waals surface area contributed by atoms with Gasteiger partial charge in [-0.25, -0.2) is 4.79 Å². The molecular formula is C20H32N2O2S2. The van der Waals surface area contributed by atoms with E-state index in [4.69, 9.17) is 17.0 Å². The van der Waals surface area contributed by atoms with Gasteiger partial charge in [-0.1, -0.05) is 26.7 Å². The van der Waals surface area contributed by atoms with Crippen molar-refractivity contribution in [3.8, 4) is 0 Å². The third-order valence-corrected chi connectivity index (χ3v) is 6.21. The second-order valence-corrected chi connectivity index (χ2v) is 8.25. The van der Waals surface area contributed by atoms with Gasteiger partial charge in [0.25, 0.3) is 0 Å². The standard InChI is InChI=1S/C20H32N2O2S2/c1-4-13-22(14-5-2)20(25)21-18-17(19(23)24-6-3)15-11-9-7-8-10-12-16(15)26-18/h4-14H2,1-3H3,(H,21,25). The average Bonchev–Trinajstić information content (AvgIpc) is 2.91. The monoisotopic (exact) mass is 396 g/mol. The van der Waals surface area contributed by atoms with Crippen LogP contribution in [-0.2, 0) is 17.6 Å². The van der Waals surface area contributed by atoms with Gasteiger partial charge in [-0.15, -0.1) is 11.3 Å². The summed E-state index contributed by atoms with van der Waals surface area (Å²) in [7, 11) is 0. The number of aryl methyl sites for hydroxylation is 1. The Morgan fingerprint density at radius 3 is 2.38 bits per heavy atom. The van der Waals surface area contributed by atoms with Crippen LogP contribution in [0, 0.1) is 0 Å². The first kappa shape index (κ1) is 21.2. The summed E-state index contributed by atoms with van der Waals surface area (Å²) >= 11 is 7.36. The van der Waals surface area contributed by atoms with Gasteiger partial charge in [-0.05, 0) is 63.2 Å². The van der Waals surface area contributed by atoms with Crippen molar-refractivity contribution in [1.82, 2.24) is 4.90 Å². The van der Waals surface area contributed by atoms with E-state index < -0.39 is 0 Å². The predicted molar refractivity (Wildman–Crippen MR) is 115 cm³/mol. The molecule has 1 aromatic rings. The zero-order chi connectivity index (χ0) is 18.9. The fourth-order valence-corrected chi connectivity index (χ4v) is 5.08. The third kappa shape index (κ3) is 5.43. The second-order valence-electron chi connectivity index (χ2n) is 6.76. The summed E-state index contributed by atoms with van der Waals surface area (Å²) in [6.07, 6.45) is 8.94. The minimum Gasteiger partial charge on any atom is -0.462 e. The highest BCUT2D eigenvalue weighted by molar-refractivity contribution is 7.80. The van der Waals surface area contributed by atoms with Gasteiger partial charge in [0.1, 0.15) is 5.00 Å². The molecular weight excluding hydrogens is 364 g/mol. The van der Waals surface area contributed by atoms with Crippen LogP contribution >= 0.6 is 23.6 Å². The van der Waals surface area contributed by atoms with E-state index in [1.807, 2.05) is 6.92 Å². The van der Waals surface area contributed by atoms with E-state index in [1.165, 1.54) is 29.7 Å². The van der Waals surface area contributed by atoms with Crippen LogP contribution in [0.3, 0.4) is 0 Å². The number of thiocarbonyl (C=S) groups is 1. The fraction of sp³-hybridized carbons (Fsp3) is 0.700.